The number of nitrogens with one attached hydrogen (secondary N) is 2. The number of rotatable bonds is 3. The maximum atomic E-state index is 12.4. The number of hydrogen-bond acceptors (Lipinski definition) is 4. The first-order valence-corrected chi connectivity index (χ1v) is 6.68. The molecule has 1 aliphatic rings. The van der Waals surface area contributed by atoms with E-state index in [0.29, 0.717) is 19.5 Å². The summed E-state index contributed by atoms with van der Waals surface area (Å²) in [6.07, 6.45) is 2.30. The van der Waals surface area contributed by atoms with Crippen LogP contribution in [-0.2, 0) is 24.3 Å². The van der Waals surface area contributed by atoms with Crippen molar-refractivity contribution in [2.45, 2.75) is 32.5 Å². The van der Waals surface area contributed by atoms with Crippen LogP contribution < -0.4 is 5.32 Å². The lowest BCUT2D eigenvalue weighted by Gasteiger charge is -2.26. The number of nitrogens with zero attached hydrogens (tertiary/aromatic N) is 2. The summed E-state index contributed by atoms with van der Waals surface area (Å²) in [4.78, 5) is 21.4. The Labute approximate surface area is 117 Å². The Hall–Kier alpha value is -2.08. The van der Waals surface area contributed by atoms with Crippen molar-refractivity contribution in [3.8, 4) is 0 Å². The third-order valence-corrected chi connectivity index (χ3v) is 3.59. The van der Waals surface area contributed by atoms with Gasteiger partial charge < -0.3 is 14.3 Å². The van der Waals surface area contributed by atoms with Gasteiger partial charge in [0.15, 0.2) is 0 Å². The fourth-order valence-electron chi connectivity index (χ4n) is 2.49. The summed E-state index contributed by atoms with van der Waals surface area (Å²) in [6.45, 7) is 3.03. The SMILES string of the molecule is Cc1ccc(CN(C)C(=O)C2Cc3nc[nH]c3CN2)o1. The number of carbonyl (C=O) groups excluding carboxylic acids is 1. The number of amides is 1. The smallest absolute Gasteiger partial charge is 0.240 e. The van der Waals surface area contributed by atoms with Gasteiger partial charge in [-0.2, -0.15) is 0 Å². The fraction of sp³-hybridized carbons (Fsp3) is 0.429. The second-order valence-corrected chi connectivity index (χ2v) is 5.17. The lowest BCUT2D eigenvalue weighted by atomic mass is 10.0. The van der Waals surface area contributed by atoms with Gasteiger partial charge in [0.1, 0.15) is 11.5 Å². The van der Waals surface area contributed by atoms with Crippen LogP contribution in [0.5, 0.6) is 0 Å². The van der Waals surface area contributed by atoms with Gasteiger partial charge in [0, 0.05) is 20.0 Å². The van der Waals surface area contributed by atoms with Crippen LogP contribution in [0.4, 0.5) is 0 Å². The number of aryl methyl sites for hydroxylation is 1. The Kier molecular flexibility index (Phi) is 3.31. The van der Waals surface area contributed by atoms with Crippen LogP contribution in [0.25, 0.3) is 0 Å². The maximum Gasteiger partial charge on any atom is 0.240 e. The zero-order valence-electron chi connectivity index (χ0n) is 11.6. The standard InChI is InChI=1S/C14H18N4O2/c1-9-3-4-10(20-9)7-18(2)14(19)12-5-11-13(6-15-12)17-8-16-11/h3-4,8,12,15H,5-7H2,1-2H3,(H,16,17). The van der Waals surface area contributed by atoms with Crippen molar-refractivity contribution >= 4 is 5.91 Å². The molecule has 1 aliphatic heterocycles. The molecule has 3 rings (SSSR count). The molecule has 2 aromatic heterocycles. The second kappa shape index (κ2) is 5.13. The number of carbonyl (C=O) groups is 1. The molecule has 2 N–H and O–H groups in total. The first-order chi connectivity index (χ1) is 9.63. The first kappa shape index (κ1) is 12.9. The average molecular weight is 274 g/mol. The molecule has 3 heterocycles. The van der Waals surface area contributed by atoms with Crippen LogP contribution in [0, 0.1) is 6.92 Å². The largest absolute Gasteiger partial charge is 0.464 e. The number of aromatic amines is 1. The lowest BCUT2D eigenvalue weighted by molar-refractivity contribution is -0.133. The third-order valence-electron chi connectivity index (χ3n) is 3.59. The molecule has 0 bridgehead atoms. The molecule has 0 radical (unpaired) electrons. The molecule has 0 aromatic carbocycles. The molecule has 6 nitrogen and oxygen atoms in total. The monoisotopic (exact) mass is 274 g/mol. The van der Waals surface area contributed by atoms with Crippen LogP contribution in [0.1, 0.15) is 22.9 Å². The van der Waals surface area contributed by atoms with Crippen molar-refractivity contribution in [2.75, 3.05) is 7.05 Å². The highest BCUT2D eigenvalue weighted by Crippen LogP contribution is 2.15. The molecule has 0 saturated heterocycles. The summed E-state index contributed by atoms with van der Waals surface area (Å²) < 4.78 is 5.50. The van der Waals surface area contributed by atoms with E-state index >= 15 is 0 Å². The molecule has 1 amide bonds. The number of furan rings is 1. The predicted octanol–water partition coefficient (Wildman–Crippen LogP) is 0.984. The minimum atomic E-state index is -0.216. The zero-order chi connectivity index (χ0) is 14.1. The van der Waals surface area contributed by atoms with Gasteiger partial charge in [0.25, 0.3) is 0 Å². The van der Waals surface area contributed by atoms with Crippen LogP contribution in [0.2, 0.25) is 0 Å². The van der Waals surface area contributed by atoms with E-state index in [0.717, 1.165) is 22.9 Å². The molecule has 0 aliphatic carbocycles. The summed E-state index contributed by atoms with van der Waals surface area (Å²) in [5.41, 5.74) is 2.04. The van der Waals surface area contributed by atoms with Gasteiger partial charge in [-0.3, -0.25) is 10.1 Å². The van der Waals surface area contributed by atoms with Crippen molar-refractivity contribution in [3.63, 3.8) is 0 Å². The van der Waals surface area contributed by atoms with Crippen LogP contribution in [0.15, 0.2) is 22.9 Å². The van der Waals surface area contributed by atoms with Gasteiger partial charge in [0.2, 0.25) is 5.91 Å². The summed E-state index contributed by atoms with van der Waals surface area (Å²) in [5, 5.41) is 3.24. The summed E-state index contributed by atoms with van der Waals surface area (Å²) in [5.74, 6) is 1.72. The van der Waals surface area contributed by atoms with Gasteiger partial charge in [0.05, 0.1) is 30.3 Å². The minimum absolute atomic E-state index is 0.0627. The second-order valence-electron chi connectivity index (χ2n) is 5.17. The molecule has 0 saturated carbocycles. The van der Waals surface area contributed by atoms with E-state index < -0.39 is 0 Å². The highest BCUT2D eigenvalue weighted by atomic mass is 16.3. The predicted molar refractivity (Wildman–Crippen MR) is 72.8 cm³/mol. The zero-order valence-corrected chi connectivity index (χ0v) is 11.6. The van der Waals surface area contributed by atoms with Crippen molar-refractivity contribution in [1.29, 1.82) is 0 Å². The van der Waals surface area contributed by atoms with Crippen LogP contribution in [-0.4, -0.2) is 33.9 Å². The minimum Gasteiger partial charge on any atom is -0.464 e. The van der Waals surface area contributed by atoms with Gasteiger partial charge >= 0.3 is 0 Å². The lowest BCUT2D eigenvalue weighted by Crippen LogP contribution is -2.48. The van der Waals surface area contributed by atoms with Gasteiger partial charge in [-0.1, -0.05) is 0 Å². The van der Waals surface area contributed by atoms with Crippen LogP contribution >= 0.6 is 0 Å². The van der Waals surface area contributed by atoms with E-state index in [1.807, 2.05) is 19.1 Å². The normalized spacial score (nSPS) is 17.8. The molecule has 1 atom stereocenters. The number of hydrogen-bond donors (Lipinski definition) is 2. The van der Waals surface area contributed by atoms with E-state index in [9.17, 15) is 4.79 Å². The Morgan fingerprint density at radius 3 is 3.15 bits per heavy atom. The van der Waals surface area contributed by atoms with E-state index in [1.54, 1.807) is 18.3 Å². The Balaban J connectivity index is 1.64. The topological polar surface area (TPSA) is 74.2 Å². The van der Waals surface area contributed by atoms with E-state index in [4.69, 9.17) is 4.42 Å². The molecule has 106 valence electrons. The Bertz CT molecular complexity index is 616. The van der Waals surface area contributed by atoms with Crippen LogP contribution in [0.3, 0.4) is 0 Å². The van der Waals surface area contributed by atoms with Crippen molar-refractivity contribution in [1.82, 2.24) is 20.2 Å². The number of imidazole rings is 1. The maximum absolute atomic E-state index is 12.4. The molecule has 1 unspecified atom stereocenters. The fourth-order valence-corrected chi connectivity index (χ4v) is 2.49. The summed E-state index contributed by atoms with van der Waals surface area (Å²) >= 11 is 0. The summed E-state index contributed by atoms with van der Waals surface area (Å²) in [6, 6.07) is 3.59. The Morgan fingerprint density at radius 1 is 1.55 bits per heavy atom. The number of H-pyrrole nitrogens is 1. The molecule has 20 heavy (non-hydrogen) atoms. The van der Waals surface area contributed by atoms with E-state index in [1.165, 1.54) is 0 Å². The molecule has 0 fully saturated rings. The highest BCUT2D eigenvalue weighted by Gasteiger charge is 2.28. The number of likely N-dealkylation sites (N-methyl/N-ethyl adjacent to an activating group) is 1. The van der Waals surface area contributed by atoms with Crippen molar-refractivity contribution in [2.24, 2.45) is 0 Å². The Morgan fingerprint density at radius 2 is 2.40 bits per heavy atom. The third kappa shape index (κ3) is 2.46. The molecular formula is C14H18N4O2. The number of aromatic nitrogens is 2. The molecular weight excluding hydrogens is 256 g/mol. The van der Waals surface area contributed by atoms with Crippen molar-refractivity contribution < 1.29 is 9.21 Å². The molecule has 2 aromatic rings. The van der Waals surface area contributed by atoms with Gasteiger partial charge in [-0.25, -0.2) is 4.98 Å². The van der Waals surface area contributed by atoms with Gasteiger partial charge in [-0.05, 0) is 19.1 Å². The molecule has 6 heteroatoms. The number of fused-ring (bicyclic) bond motifs is 1. The highest BCUT2D eigenvalue weighted by molar-refractivity contribution is 5.82. The summed E-state index contributed by atoms with van der Waals surface area (Å²) in [7, 11) is 1.79. The van der Waals surface area contributed by atoms with Gasteiger partial charge in [-0.15, -0.1) is 0 Å². The quantitative estimate of drug-likeness (QED) is 0.875. The molecule has 0 spiro atoms. The van der Waals surface area contributed by atoms with E-state index in [2.05, 4.69) is 15.3 Å². The first-order valence-electron chi connectivity index (χ1n) is 6.68. The van der Waals surface area contributed by atoms with E-state index in [-0.39, 0.29) is 11.9 Å². The van der Waals surface area contributed by atoms with Crippen molar-refractivity contribution in [3.05, 3.63) is 41.4 Å². The average Bonchev–Trinajstić information content (AvgIpc) is 3.05.